The number of carbonyl (C=O) groups excluding carboxylic acids is 1. The van der Waals surface area contributed by atoms with Gasteiger partial charge in [-0.05, 0) is 42.0 Å². The Morgan fingerprint density at radius 2 is 1.38 bits per heavy atom. The van der Waals surface area contributed by atoms with E-state index in [1.165, 1.54) is 17.0 Å². The van der Waals surface area contributed by atoms with Gasteiger partial charge in [-0.15, -0.1) is 0 Å². The minimum atomic E-state index is -3.62. The minimum absolute atomic E-state index is 0.0933. The normalized spacial score (nSPS) is 14.3. The largest absolute Gasteiger partial charge is 0.368 e. The molecule has 1 saturated heterocycles. The minimum Gasteiger partial charge on any atom is -0.368 e. The monoisotopic (exact) mass is 449 g/mol. The van der Waals surface area contributed by atoms with Crippen molar-refractivity contribution < 1.29 is 13.2 Å². The second kappa shape index (κ2) is 9.44. The van der Waals surface area contributed by atoms with Gasteiger partial charge in [-0.1, -0.05) is 48.5 Å². The molecule has 0 N–H and O–H groups in total. The van der Waals surface area contributed by atoms with Crippen LogP contribution in [0.25, 0.3) is 0 Å². The highest BCUT2D eigenvalue weighted by atomic mass is 32.2. The Labute approximate surface area is 189 Å². The summed E-state index contributed by atoms with van der Waals surface area (Å²) >= 11 is 0. The zero-order chi connectivity index (χ0) is 22.6. The van der Waals surface area contributed by atoms with Gasteiger partial charge in [0.25, 0.3) is 10.0 Å². The number of rotatable bonds is 6. The second-order valence-corrected chi connectivity index (χ2v) is 9.80. The third-order valence-corrected chi connectivity index (χ3v) is 7.61. The molecule has 0 spiro atoms. The average molecular weight is 450 g/mol. The maximum atomic E-state index is 12.8. The van der Waals surface area contributed by atoms with Crippen LogP contribution in [-0.2, 0) is 21.2 Å². The molecule has 0 atom stereocenters. The van der Waals surface area contributed by atoms with E-state index in [4.69, 9.17) is 0 Å². The lowest BCUT2D eigenvalue weighted by Gasteiger charge is -2.36. The van der Waals surface area contributed by atoms with Gasteiger partial charge in [-0.2, -0.15) is 0 Å². The summed E-state index contributed by atoms with van der Waals surface area (Å²) in [6.45, 7) is 3.03. The fourth-order valence-electron chi connectivity index (χ4n) is 3.85. The van der Waals surface area contributed by atoms with E-state index in [9.17, 15) is 13.2 Å². The highest BCUT2D eigenvalue weighted by molar-refractivity contribution is 7.92. The zero-order valence-corrected chi connectivity index (χ0v) is 18.9. The molecule has 7 heteroatoms. The molecule has 0 aliphatic carbocycles. The third kappa shape index (κ3) is 4.78. The molecule has 1 amide bonds. The molecular formula is C25H27N3O3S. The number of benzene rings is 3. The molecule has 1 fully saturated rings. The van der Waals surface area contributed by atoms with Gasteiger partial charge in [0, 0.05) is 38.9 Å². The van der Waals surface area contributed by atoms with Crippen molar-refractivity contribution in [3.05, 3.63) is 90.5 Å². The van der Waals surface area contributed by atoms with E-state index in [1.54, 1.807) is 42.5 Å². The molecule has 0 unspecified atom stereocenters. The lowest BCUT2D eigenvalue weighted by molar-refractivity contribution is -0.130. The van der Waals surface area contributed by atoms with Gasteiger partial charge >= 0.3 is 0 Å². The van der Waals surface area contributed by atoms with Crippen LogP contribution in [-0.4, -0.2) is 52.5 Å². The summed E-state index contributed by atoms with van der Waals surface area (Å²) in [7, 11) is -2.08. The van der Waals surface area contributed by atoms with Crippen LogP contribution in [0.1, 0.15) is 5.56 Å². The number of nitrogens with zero attached hydrogens (tertiary/aromatic N) is 3. The van der Waals surface area contributed by atoms with Crippen molar-refractivity contribution in [2.24, 2.45) is 0 Å². The van der Waals surface area contributed by atoms with Crippen LogP contribution in [0.3, 0.4) is 0 Å². The number of anilines is 2. The lowest BCUT2D eigenvalue weighted by Crippen LogP contribution is -2.49. The van der Waals surface area contributed by atoms with Gasteiger partial charge in [0.05, 0.1) is 17.0 Å². The molecule has 6 nitrogen and oxygen atoms in total. The first-order chi connectivity index (χ1) is 15.4. The zero-order valence-electron chi connectivity index (χ0n) is 18.1. The van der Waals surface area contributed by atoms with Gasteiger partial charge < -0.3 is 9.80 Å². The maximum Gasteiger partial charge on any atom is 0.264 e. The first kappa shape index (κ1) is 21.9. The molecule has 0 saturated carbocycles. The van der Waals surface area contributed by atoms with Crippen molar-refractivity contribution in [3.8, 4) is 0 Å². The molecule has 1 aliphatic rings. The van der Waals surface area contributed by atoms with E-state index in [0.717, 1.165) is 18.7 Å². The molecule has 0 aromatic heterocycles. The predicted molar refractivity (Wildman–Crippen MR) is 127 cm³/mol. The van der Waals surface area contributed by atoms with Gasteiger partial charge in [0.15, 0.2) is 0 Å². The fourth-order valence-corrected chi connectivity index (χ4v) is 5.07. The van der Waals surface area contributed by atoms with Crippen molar-refractivity contribution in [1.29, 1.82) is 0 Å². The van der Waals surface area contributed by atoms with Gasteiger partial charge in [-0.3, -0.25) is 9.10 Å². The number of piperazine rings is 1. The summed E-state index contributed by atoms with van der Waals surface area (Å²) in [5, 5.41) is 0. The number of amides is 1. The number of sulfonamides is 1. The van der Waals surface area contributed by atoms with Gasteiger partial charge in [0.2, 0.25) is 5.91 Å². The quantitative estimate of drug-likeness (QED) is 0.579. The standard InChI is InChI=1S/C25H27N3O3S/c1-26(32(30,31)24-10-6-3-7-11-24)22-14-12-21(13-15-22)20-25(29)28-18-16-27(17-19-28)23-8-4-2-5-9-23/h2-15H,16-20H2,1H3. The van der Waals surface area contributed by atoms with Crippen molar-refractivity contribution in [1.82, 2.24) is 4.90 Å². The molecule has 32 heavy (non-hydrogen) atoms. The predicted octanol–water partition coefficient (Wildman–Crippen LogP) is 3.40. The SMILES string of the molecule is CN(c1ccc(CC(=O)N2CCN(c3ccccc3)CC2)cc1)S(=O)(=O)c1ccccc1. The van der Waals surface area contributed by atoms with E-state index in [0.29, 0.717) is 25.2 Å². The van der Waals surface area contributed by atoms with Crippen LogP contribution in [0, 0.1) is 0 Å². The smallest absolute Gasteiger partial charge is 0.264 e. The number of hydrogen-bond donors (Lipinski definition) is 0. The lowest BCUT2D eigenvalue weighted by atomic mass is 10.1. The van der Waals surface area contributed by atoms with Crippen molar-refractivity contribution in [2.45, 2.75) is 11.3 Å². The summed E-state index contributed by atoms with van der Waals surface area (Å²) < 4.78 is 26.8. The highest BCUT2D eigenvalue weighted by Crippen LogP contribution is 2.23. The van der Waals surface area contributed by atoms with Crippen LogP contribution in [0.5, 0.6) is 0 Å². The van der Waals surface area contributed by atoms with Crippen LogP contribution >= 0.6 is 0 Å². The van der Waals surface area contributed by atoms with E-state index >= 15 is 0 Å². The summed E-state index contributed by atoms with van der Waals surface area (Å²) in [6.07, 6.45) is 0.306. The summed E-state index contributed by atoms with van der Waals surface area (Å²) in [4.78, 5) is 17.2. The molecule has 4 rings (SSSR count). The molecule has 166 valence electrons. The first-order valence-corrected chi connectivity index (χ1v) is 12.1. The van der Waals surface area contributed by atoms with Crippen molar-refractivity contribution in [2.75, 3.05) is 42.4 Å². The van der Waals surface area contributed by atoms with Crippen LogP contribution < -0.4 is 9.21 Å². The topological polar surface area (TPSA) is 60.9 Å². The third-order valence-electron chi connectivity index (χ3n) is 5.81. The Bertz CT molecular complexity index is 1140. The highest BCUT2D eigenvalue weighted by Gasteiger charge is 2.23. The van der Waals surface area contributed by atoms with E-state index in [1.807, 2.05) is 35.2 Å². The van der Waals surface area contributed by atoms with Gasteiger partial charge in [0.1, 0.15) is 0 Å². The van der Waals surface area contributed by atoms with E-state index in [-0.39, 0.29) is 10.8 Å². The summed E-state index contributed by atoms with van der Waals surface area (Å²) in [6, 6.07) is 25.7. The molecule has 1 aliphatic heterocycles. The molecule has 1 heterocycles. The summed E-state index contributed by atoms with van der Waals surface area (Å²) in [5.74, 6) is 0.0933. The molecule has 3 aromatic carbocycles. The van der Waals surface area contributed by atoms with Crippen LogP contribution in [0.4, 0.5) is 11.4 Å². The number of carbonyl (C=O) groups is 1. The van der Waals surface area contributed by atoms with E-state index < -0.39 is 10.0 Å². The van der Waals surface area contributed by atoms with Crippen molar-refractivity contribution >= 4 is 27.3 Å². The first-order valence-electron chi connectivity index (χ1n) is 10.7. The van der Waals surface area contributed by atoms with Gasteiger partial charge in [-0.25, -0.2) is 8.42 Å². The Morgan fingerprint density at radius 1 is 0.812 bits per heavy atom. The Hall–Kier alpha value is -3.32. The van der Waals surface area contributed by atoms with Crippen LogP contribution in [0.2, 0.25) is 0 Å². The Kier molecular flexibility index (Phi) is 6.46. The molecule has 3 aromatic rings. The maximum absolute atomic E-state index is 12.8. The van der Waals surface area contributed by atoms with Crippen LogP contribution in [0.15, 0.2) is 89.8 Å². The average Bonchev–Trinajstić information content (AvgIpc) is 2.85. The molecule has 0 bridgehead atoms. The van der Waals surface area contributed by atoms with E-state index in [2.05, 4.69) is 17.0 Å². The Balaban J connectivity index is 1.35. The molecule has 0 radical (unpaired) electrons. The number of para-hydroxylation sites is 1. The Morgan fingerprint density at radius 3 is 1.97 bits per heavy atom. The fraction of sp³-hybridized carbons (Fsp3) is 0.240. The number of hydrogen-bond acceptors (Lipinski definition) is 4. The second-order valence-electron chi connectivity index (χ2n) is 7.83. The summed E-state index contributed by atoms with van der Waals surface area (Å²) in [5.41, 5.74) is 2.61. The van der Waals surface area contributed by atoms with Crippen molar-refractivity contribution in [3.63, 3.8) is 0 Å². The molecular weight excluding hydrogens is 422 g/mol.